The molecule has 0 saturated carbocycles. The van der Waals surface area contributed by atoms with Crippen molar-refractivity contribution < 1.29 is 9.90 Å². The predicted octanol–water partition coefficient (Wildman–Crippen LogP) is 0.998. The second kappa shape index (κ2) is 6.19. The van der Waals surface area contributed by atoms with E-state index in [1.165, 1.54) is 6.20 Å². The van der Waals surface area contributed by atoms with Crippen LogP contribution in [0.25, 0.3) is 0 Å². The van der Waals surface area contributed by atoms with Crippen molar-refractivity contribution in [2.24, 2.45) is 0 Å². The molecule has 3 heterocycles. The van der Waals surface area contributed by atoms with Crippen LogP contribution in [0.3, 0.4) is 0 Å². The summed E-state index contributed by atoms with van der Waals surface area (Å²) >= 11 is 0. The van der Waals surface area contributed by atoms with E-state index in [1.54, 1.807) is 23.5 Å². The third-order valence-corrected chi connectivity index (χ3v) is 3.94. The van der Waals surface area contributed by atoms with Gasteiger partial charge >= 0.3 is 0 Å². The number of likely N-dealkylation sites (tertiary alicyclic amines) is 1. The molecule has 0 unspecified atom stereocenters. The Bertz CT molecular complexity index is 645. The second-order valence-electron chi connectivity index (χ2n) is 5.53. The zero-order valence-corrected chi connectivity index (χ0v) is 12.4. The predicted molar refractivity (Wildman–Crippen MR) is 80.2 cm³/mol. The van der Waals surface area contributed by atoms with Crippen LogP contribution in [0, 0.1) is 6.92 Å². The number of amides is 1. The van der Waals surface area contributed by atoms with E-state index in [0.717, 1.165) is 11.3 Å². The highest BCUT2D eigenvalue weighted by Crippen LogP contribution is 2.23. The second-order valence-corrected chi connectivity index (χ2v) is 5.53. The average Bonchev–Trinajstić information content (AvgIpc) is 2.89. The lowest BCUT2D eigenvalue weighted by Crippen LogP contribution is -2.41. The normalized spacial score (nSPS) is 21.1. The van der Waals surface area contributed by atoms with Gasteiger partial charge in [-0.2, -0.15) is 0 Å². The average molecular weight is 298 g/mol. The fourth-order valence-corrected chi connectivity index (χ4v) is 2.75. The minimum absolute atomic E-state index is 0.182. The van der Waals surface area contributed by atoms with Crippen molar-refractivity contribution in [2.75, 3.05) is 6.54 Å². The minimum atomic E-state index is -0.525. The van der Waals surface area contributed by atoms with E-state index < -0.39 is 6.10 Å². The first-order valence-corrected chi connectivity index (χ1v) is 7.32. The quantitative estimate of drug-likeness (QED) is 0.914. The molecule has 0 spiro atoms. The highest BCUT2D eigenvalue weighted by atomic mass is 16.3. The standard InChI is InChI=1S/C16H18N4O2/c1-11-8-19-13(10-18-11)16(22)20-6-4-15(21)14(20)7-12-3-2-5-17-9-12/h2-3,5,8-10,14-15,21H,4,6-7H2,1H3/t14-,15-/m1/s1. The molecule has 1 amide bonds. The minimum Gasteiger partial charge on any atom is -0.391 e. The van der Waals surface area contributed by atoms with Gasteiger partial charge in [0.25, 0.3) is 5.91 Å². The Morgan fingerprint density at radius 2 is 2.23 bits per heavy atom. The van der Waals surface area contributed by atoms with Gasteiger partial charge in [-0.15, -0.1) is 0 Å². The van der Waals surface area contributed by atoms with Gasteiger partial charge in [-0.1, -0.05) is 6.07 Å². The molecule has 6 heteroatoms. The van der Waals surface area contributed by atoms with Crippen molar-refractivity contribution in [3.63, 3.8) is 0 Å². The van der Waals surface area contributed by atoms with Crippen LogP contribution in [-0.4, -0.2) is 49.6 Å². The van der Waals surface area contributed by atoms with E-state index in [-0.39, 0.29) is 11.9 Å². The fraction of sp³-hybridized carbons (Fsp3) is 0.375. The molecule has 6 nitrogen and oxygen atoms in total. The van der Waals surface area contributed by atoms with Gasteiger partial charge in [0.05, 0.1) is 24.0 Å². The first kappa shape index (κ1) is 14.6. The van der Waals surface area contributed by atoms with Gasteiger partial charge in [-0.25, -0.2) is 4.98 Å². The highest BCUT2D eigenvalue weighted by molar-refractivity contribution is 5.92. The summed E-state index contributed by atoms with van der Waals surface area (Å²) in [6, 6.07) is 3.56. The number of carbonyl (C=O) groups is 1. The Hall–Kier alpha value is -2.34. The largest absolute Gasteiger partial charge is 0.391 e. The first-order valence-electron chi connectivity index (χ1n) is 7.32. The lowest BCUT2D eigenvalue weighted by atomic mass is 10.0. The molecule has 22 heavy (non-hydrogen) atoms. The number of nitrogens with zero attached hydrogens (tertiary/aromatic N) is 4. The number of rotatable bonds is 3. The number of hydrogen-bond acceptors (Lipinski definition) is 5. The molecule has 114 valence electrons. The summed E-state index contributed by atoms with van der Waals surface area (Å²) in [7, 11) is 0. The van der Waals surface area contributed by atoms with Crippen molar-refractivity contribution in [1.82, 2.24) is 19.9 Å². The number of aromatic nitrogens is 3. The zero-order valence-electron chi connectivity index (χ0n) is 12.4. The molecule has 2 aromatic rings. The Balaban J connectivity index is 1.79. The highest BCUT2D eigenvalue weighted by Gasteiger charge is 2.36. The molecule has 0 aromatic carbocycles. The van der Waals surface area contributed by atoms with Crippen LogP contribution in [0.4, 0.5) is 0 Å². The molecule has 1 N–H and O–H groups in total. The van der Waals surface area contributed by atoms with Gasteiger partial charge < -0.3 is 10.0 Å². The summed E-state index contributed by atoms with van der Waals surface area (Å²) < 4.78 is 0. The molecule has 2 atom stereocenters. The van der Waals surface area contributed by atoms with Crippen LogP contribution in [0.2, 0.25) is 0 Å². The lowest BCUT2D eigenvalue weighted by Gasteiger charge is -2.26. The maximum absolute atomic E-state index is 12.6. The number of aliphatic hydroxyl groups is 1. The molecule has 0 radical (unpaired) electrons. The van der Waals surface area contributed by atoms with E-state index >= 15 is 0 Å². The smallest absolute Gasteiger partial charge is 0.274 e. The summed E-state index contributed by atoms with van der Waals surface area (Å²) in [5, 5.41) is 10.2. The summed E-state index contributed by atoms with van der Waals surface area (Å²) in [6.45, 7) is 2.35. The molecular formula is C16H18N4O2. The van der Waals surface area contributed by atoms with E-state index in [0.29, 0.717) is 25.1 Å². The number of aryl methyl sites for hydroxylation is 1. The van der Waals surface area contributed by atoms with Crippen LogP contribution in [0.5, 0.6) is 0 Å². The summed E-state index contributed by atoms with van der Waals surface area (Å²) in [4.78, 5) is 26.6. The Morgan fingerprint density at radius 1 is 1.36 bits per heavy atom. The summed E-state index contributed by atoms with van der Waals surface area (Å²) in [5.41, 5.74) is 2.09. The monoisotopic (exact) mass is 298 g/mol. The first-order chi connectivity index (χ1) is 10.6. The molecule has 3 rings (SSSR count). The molecule has 0 bridgehead atoms. The van der Waals surface area contributed by atoms with Crippen LogP contribution in [-0.2, 0) is 6.42 Å². The Morgan fingerprint density at radius 3 is 2.91 bits per heavy atom. The number of pyridine rings is 1. The number of carbonyl (C=O) groups excluding carboxylic acids is 1. The zero-order chi connectivity index (χ0) is 15.5. The van der Waals surface area contributed by atoms with E-state index in [1.807, 2.05) is 19.1 Å². The molecule has 1 fully saturated rings. The molecule has 0 aliphatic carbocycles. The van der Waals surface area contributed by atoms with Gasteiger partial charge in [0.1, 0.15) is 5.69 Å². The van der Waals surface area contributed by atoms with Crippen LogP contribution in [0.15, 0.2) is 36.9 Å². The van der Waals surface area contributed by atoms with Crippen molar-refractivity contribution >= 4 is 5.91 Å². The van der Waals surface area contributed by atoms with Gasteiger partial charge in [0.2, 0.25) is 0 Å². The van der Waals surface area contributed by atoms with Crippen LogP contribution >= 0.6 is 0 Å². The van der Waals surface area contributed by atoms with Crippen molar-refractivity contribution in [3.8, 4) is 0 Å². The van der Waals surface area contributed by atoms with Crippen molar-refractivity contribution in [3.05, 3.63) is 53.9 Å². The number of hydrogen-bond donors (Lipinski definition) is 1. The fourth-order valence-electron chi connectivity index (χ4n) is 2.75. The maximum atomic E-state index is 12.6. The summed E-state index contributed by atoms with van der Waals surface area (Å²) in [6.07, 6.45) is 7.18. The molecule has 1 saturated heterocycles. The van der Waals surface area contributed by atoms with Gasteiger partial charge in [0.15, 0.2) is 0 Å². The molecule has 1 aliphatic rings. The van der Waals surface area contributed by atoms with Crippen LogP contribution in [0.1, 0.15) is 28.2 Å². The van der Waals surface area contributed by atoms with Crippen molar-refractivity contribution in [2.45, 2.75) is 31.9 Å². The number of aliphatic hydroxyl groups excluding tert-OH is 1. The molecule has 2 aromatic heterocycles. The van der Waals surface area contributed by atoms with Gasteiger partial charge in [-0.3, -0.25) is 14.8 Å². The lowest BCUT2D eigenvalue weighted by molar-refractivity contribution is 0.0634. The third-order valence-electron chi connectivity index (χ3n) is 3.94. The Labute approximate surface area is 128 Å². The van der Waals surface area contributed by atoms with E-state index in [4.69, 9.17) is 0 Å². The Kier molecular flexibility index (Phi) is 4.11. The topological polar surface area (TPSA) is 79.2 Å². The molecular weight excluding hydrogens is 280 g/mol. The van der Waals surface area contributed by atoms with Crippen molar-refractivity contribution in [1.29, 1.82) is 0 Å². The summed E-state index contributed by atoms with van der Waals surface area (Å²) in [5.74, 6) is -0.182. The van der Waals surface area contributed by atoms with Gasteiger partial charge in [-0.05, 0) is 31.4 Å². The SMILES string of the molecule is Cc1cnc(C(=O)N2CC[C@@H](O)[C@H]2Cc2cccnc2)cn1. The molecule has 1 aliphatic heterocycles. The van der Waals surface area contributed by atoms with Crippen LogP contribution < -0.4 is 0 Å². The van der Waals surface area contributed by atoms with E-state index in [9.17, 15) is 9.90 Å². The third kappa shape index (κ3) is 2.96. The van der Waals surface area contributed by atoms with E-state index in [2.05, 4.69) is 15.0 Å². The van der Waals surface area contributed by atoms with Gasteiger partial charge in [0, 0.05) is 25.1 Å². The maximum Gasteiger partial charge on any atom is 0.274 e.